The molecule has 11 heavy (non-hydrogen) atoms. The molecule has 1 saturated heterocycles. The number of nitrogens with zero attached hydrogens (tertiary/aromatic N) is 2. The molecule has 5 heteroatoms. The second-order valence-corrected chi connectivity index (χ2v) is 2.84. The summed E-state index contributed by atoms with van der Waals surface area (Å²) in [7, 11) is 3.01. The molecule has 0 bridgehead atoms. The van der Waals surface area contributed by atoms with Crippen molar-refractivity contribution in [1.29, 1.82) is 0 Å². The van der Waals surface area contributed by atoms with Crippen LogP contribution in [0.1, 0.15) is 6.42 Å². The fourth-order valence-corrected chi connectivity index (χ4v) is 1.01. The average Bonchev–Trinajstić information content (AvgIpc) is 1.97. The summed E-state index contributed by atoms with van der Waals surface area (Å²) in [5.74, 6) is -0.238. The molecule has 4 nitrogen and oxygen atoms in total. The molecule has 1 heterocycles. The van der Waals surface area contributed by atoms with Crippen LogP contribution in [0.2, 0.25) is 0 Å². The first-order valence-electron chi connectivity index (χ1n) is 3.11. The molecule has 0 atom stereocenters. The minimum atomic E-state index is -0.355. The number of hydrogen-bond acceptors (Lipinski definition) is 3. The van der Waals surface area contributed by atoms with E-state index in [1.807, 2.05) is 0 Å². The van der Waals surface area contributed by atoms with E-state index in [0.717, 1.165) is 4.90 Å². The third kappa shape index (κ3) is 1.23. The number of urea groups is 1. The van der Waals surface area contributed by atoms with Gasteiger partial charge >= 0.3 is 6.03 Å². The van der Waals surface area contributed by atoms with Crippen molar-refractivity contribution in [2.75, 3.05) is 14.1 Å². The van der Waals surface area contributed by atoms with Gasteiger partial charge in [0, 0.05) is 14.1 Å². The Morgan fingerprint density at radius 1 is 1.27 bits per heavy atom. The molecular weight excluding hydrogens is 164 g/mol. The first-order chi connectivity index (χ1) is 5.04. The van der Waals surface area contributed by atoms with Crippen molar-refractivity contribution in [2.24, 2.45) is 0 Å². The minimum Gasteiger partial charge on any atom is -0.290 e. The van der Waals surface area contributed by atoms with Gasteiger partial charge in [0.25, 0.3) is 0 Å². The number of carbonyl (C=O) groups is 2. The van der Waals surface area contributed by atoms with Crippen LogP contribution >= 0.6 is 12.2 Å². The zero-order valence-corrected chi connectivity index (χ0v) is 7.14. The van der Waals surface area contributed by atoms with Gasteiger partial charge in [-0.2, -0.15) is 0 Å². The molecule has 1 aliphatic rings. The zero-order valence-electron chi connectivity index (χ0n) is 6.33. The molecule has 0 spiro atoms. The van der Waals surface area contributed by atoms with Crippen LogP contribution in [0.4, 0.5) is 4.79 Å². The molecule has 1 fully saturated rings. The summed E-state index contributed by atoms with van der Waals surface area (Å²) in [4.78, 5) is 24.8. The van der Waals surface area contributed by atoms with Gasteiger partial charge in [-0.05, 0) is 0 Å². The normalized spacial score (nSPS) is 19.6. The topological polar surface area (TPSA) is 40.6 Å². The highest BCUT2D eigenvalue weighted by Gasteiger charge is 2.29. The maximum Gasteiger partial charge on any atom is 0.331 e. The maximum absolute atomic E-state index is 11.1. The third-order valence-electron chi connectivity index (χ3n) is 1.62. The Morgan fingerprint density at radius 3 is 2.36 bits per heavy atom. The van der Waals surface area contributed by atoms with Crippen LogP contribution in [0, 0.1) is 0 Å². The summed E-state index contributed by atoms with van der Waals surface area (Å²) >= 11 is 4.79. The molecule has 0 N–H and O–H groups in total. The van der Waals surface area contributed by atoms with Gasteiger partial charge in [-0.1, -0.05) is 12.2 Å². The number of hydrogen-bond donors (Lipinski definition) is 0. The second kappa shape index (κ2) is 2.58. The van der Waals surface area contributed by atoms with E-state index in [0.29, 0.717) is 4.99 Å². The van der Waals surface area contributed by atoms with Crippen molar-refractivity contribution in [1.82, 2.24) is 9.80 Å². The minimum absolute atomic E-state index is 0.161. The number of rotatable bonds is 0. The molecule has 0 radical (unpaired) electrons. The molecule has 0 saturated carbocycles. The number of carbonyl (C=O) groups excluding carboxylic acids is 2. The van der Waals surface area contributed by atoms with E-state index in [9.17, 15) is 9.59 Å². The molecule has 1 aliphatic heterocycles. The van der Waals surface area contributed by atoms with Gasteiger partial charge in [-0.25, -0.2) is 4.79 Å². The number of imide groups is 1. The Labute approximate surface area is 69.8 Å². The monoisotopic (exact) mass is 172 g/mol. The van der Waals surface area contributed by atoms with E-state index in [2.05, 4.69) is 0 Å². The summed E-state index contributed by atoms with van der Waals surface area (Å²) in [5.41, 5.74) is 0. The summed E-state index contributed by atoms with van der Waals surface area (Å²) in [6.45, 7) is 0. The van der Waals surface area contributed by atoms with Crippen LogP contribution in [0.15, 0.2) is 0 Å². The molecule has 0 aromatic rings. The van der Waals surface area contributed by atoms with Crippen LogP contribution in [-0.2, 0) is 4.79 Å². The van der Waals surface area contributed by atoms with Crippen molar-refractivity contribution in [3.05, 3.63) is 0 Å². The predicted molar refractivity (Wildman–Crippen MR) is 43.1 cm³/mol. The second-order valence-electron chi connectivity index (χ2n) is 2.36. The highest BCUT2D eigenvalue weighted by molar-refractivity contribution is 7.80. The van der Waals surface area contributed by atoms with Gasteiger partial charge in [0.15, 0.2) is 0 Å². The lowest BCUT2D eigenvalue weighted by molar-refractivity contribution is -0.127. The number of amides is 3. The standard InChI is InChI=1S/C6H8N2O2S/c1-7-4(9)3-5(11)8(2)6(7)10/h3H2,1-2H3. The Kier molecular flexibility index (Phi) is 1.90. The van der Waals surface area contributed by atoms with E-state index in [1.165, 1.54) is 11.9 Å². The van der Waals surface area contributed by atoms with Gasteiger partial charge in [0.2, 0.25) is 5.91 Å². The highest BCUT2D eigenvalue weighted by Crippen LogP contribution is 2.08. The van der Waals surface area contributed by atoms with Gasteiger partial charge in [0.05, 0.1) is 11.4 Å². The average molecular weight is 172 g/mol. The van der Waals surface area contributed by atoms with Gasteiger partial charge in [-0.15, -0.1) is 0 Å². The van der Waals surface area contributed by atoms with Gasteiger partial charge in [-0.3, -0.25) is 14.6 Å². The quantitative estimate of drug-likeness (QED) is 0.491. The smallest absolute Gasteiger partial charge is 0.290 e. The van der Waals surface area contributed by atoms with Crippen molar-refractivity contribution in [3.8, 4) is 0 Å². The van der Waals surface area contributed by atoms with Crippen LogP contribution < -0.4 is 0 Å². The lowest BCUT2D eigenvalue weighted by Gasteiger charge is -2.29. The van der Waals surface area contributed by atoms with E-state index in [-0.39, 0.29) is 18.4 Å². The lowest BCUT2D eigenvalue weighted by Crippen LogP contribution is -2.50. The van der Waals surface area contributed by atoms with Gasteiger partial charge in [0.1, 0.15) is 0 Å². The molecule has 1 rings (SSSR count). The van der Waals surface area contributed by atoms with Gasteiger partial charge < -0.3 is 0 Å². The Bertz CT molecular complexity index is 217. The molecule has 0 unspecified atom stereocenters. The number of thiocarbonyl (C=S) groups is 1. The molecule has 60 valence electrons. The van der Waals surface area contributed by atoms with Crippen LogP contribution in [0.25, 0.3) is 0 Å². The zero-order chi connectivity index (χ0) is 8.59. The largest absolute Gasteiger partial charge is 0.331 e. The van der Waals surface area contributed by atoms with Crippen molar-refractivity contribution in [3.63, 3.8) is 0 Å². The molecule has 0 aliphatic carbocycles. The van der Waals surface area contributed by atoms with Crippen LogP contribution in [0.5, 0.6) is 0 Å². The fraction of sp³-hybridized carbons (Fsp3) is 0.500. The van der Waals surface area contributed by atoms with E-state index in [4.69, 9.17) is 12.2 Å². The fourth-order valence-electron chi connectivity index (χ4n) is 0.805. The summed E-state index contributed by atoms with van der Waals surface area (Å²) in [6, 6.07) is -0.355. The van der Waals surface area contributed by atoms with Crippen LogP contribution in [0.3, 0.4) is 0 Å². The predicted octanol–water partition coefficient (Wildman–Crippen LogP) is 0.228. The molecule has 3 amide bonds. The molecular formula is C6H8N2O2S. The van der Waals surface area contributed by atoms with Crippen molar-refractivity contribution >= 4 is 29.1 Å². The first-order valence-corrected chi connectivity index (χ1v) is 3.52. The summed E-state index contributed by atoms with van der Waals surface area (Å²) in [6.07, 6.45) is 0.161. The maximum atomic E-state index is 11.1. The van der Waals surface area contributed by atoms with Crippen molar-refractivity contribution < 1.29 is 9.59 Å². The van der Waals surface area contributed by atoms with Crippen LogP contribution in [-0.4, -0.2) is 40.8 Å². The summed E-state index contributed by atoms with van der Waals surface area (Å²) < 4.78 is 0. The molecule has 0 aromatic carbocycles. The van der Waals surface area contributed by atoms with E-state index in [1.54, 1.807) is 7.05 Å². The summed E-state index contributed by atoms with van der Waals surface area (Å²) in [5, 5.41) is 0. The highest BCUT2D eigenvalue weighted by atomic mass is 32.1. The Morgan fingerprint density at radius 2 is 1.82 bits per heavy atom. The first kappa shape index (κ1) is 8.13. The SMILES string of the molecule is CN1C(=O)CC(=S)N(C)C1=O. The lowest BCUT2D eigenvalue weighted by atomic mass is 10.3. The van der Waals surface area contributed by atoms with Crippen molar-refractivity contribution in [2.45, 2.75) is 6.42 Å². The Hall–Kier alpha value is -0.970. The van der Waals surface area contributed by atoms with E-state index >= 15 is 0 Å². The Balaban J connectivity index is 2.87. The van der Waals surface area contributed by atoms with E-state index < -0.39 is 0 Å². The third-order valence-corrected chi connectivity index (χ3v) is 2.04. The molecule has 0 aromatic heterocycles.